The molecule has 0 saturated carbocycles. The summed E-state index contributed by atoms with van der Waals surface area (Å²) in [4.78, 5) is 23.6. The molecule has 2 amide bonds. The summed E-state index contributed by atoms with van der Waals surface area (Å²) in [7, 11) is 1.27. The zero-order valence-electron chi connectivity index (χ0n) is 11.8. The summed E-state index contributed by atoms with van der Waals surface area (Å²) in [6.07, 6.45) is 0. The first-order chi connectivity index (χ1) is 10.6. The lowest BCUT2D eigenvalue weighted by molar-refractivity contribution is 0.0602. The molecule has 0 saturated heterocycles. The Morgan fingerprint density at radius 1 is 1.09 bits per heavy atom. The minimum atomic E-state index is -0.539. The van der Waals surface area contributed by atoms with E-state index in [1.54, 1.807) is 48.5 Å². The largest absolute Gasteiger partial charge is 0.465 e. The van der Waals surface area contributed by atoms with E-state index < -0.39 is 12.0 Å². The van der Waals surface area contributed by atoms with E-state index in [2.05, 4.69) is 15.4 Å². The van der Waals surface area contributed by atoms with Crippen LogP contribution in [0.25, 0.3) is 0 Å². The second kappa shape index (κ2) is 6.90. The fourth-order valence-corrected chi connectivity index (χ4v) is 1.83. The van der Waals surface area contributed by atoms with Gasteiger partial charge in [-0.2, -0.15) is 5.26 Å². The van der Waals surface area contributed by atoms with Gasteiger partial charge in [0.05, 0.1) is 30.0 Å². The van der Waals surface area contributed by atoms with Crippen molar-refractivity contribution in [1.29, 1.82) is 5.26 Å². The normalized spacial score (nSPS) is 9.45. The number of carbonyl (C=O) groups excluding carboxylic acids is 2. The molecule has 0 heterocycles. The summed E-state index contributed by atoms with van der Waals surface area (Å²) in [5, 5.41) is 14.0. The Hall–Kier alpha value is -3.33. The first-order valence-corrected chi connectivity index (χ1v) is 6.39. The molecule has 0 aliphatic heterocycles. The molecule has 2 rings (SSSR count). The highest BCUT2D eigenvalue weighted by atomic mass is 16.5. The van der Waals surface area contributed by atoms with Gasteiger partial charge in [-0.1, -0.05) is 18.2 Å². The molecule has 6 heteroatoms. The van der Waals surface area contributed by atoms with Crippen LogP contribution in [0.5, 0.6) is 0 Å². The van der Waals surface area contributed by atoms with Gasteiger partial charge in [-0.25, -0.2) is 9.59 Å². The van der Waals surface area contributed by atoms with Gasteiger partial charge in [-0.3, -0.25) is 0 Å². The fourth-order valence-electron chi connectivity index (χ4n) is 1.83. The summed E-state index contributed by atoms with van der Waals surface area (Å²) in [6.45, 7) is 0. The van der Waals surface area contributed by atoms with Gasteiger partial charge in [0, 0.05) is 5.69 Å². The Bertz CT molecular complexity index is 750. The number of nitrogens with one attached hydrogen (secondary N) is 2. The molecule has 0 spiro atoms. The van der Waals surface area contributed by atoms with Gasteiger partial charge in [-0.15, -0.1) is 0 Å². The number of hydrogen-bond donors (Lipinski definition) is 2. The summed E-state index contributed by atoms with van der Waals surface area (Å²) in [5.74, 6) is -0.539. The third-order valence-electron chi connectivity index (χ3n) is 2.83. The standard InChI is InChI=1S/C16H13N3O3/c1-22-15(20)13-7-2-3-8-14(13)19-16(21)18-12-6-4-5-11(9-12)10-17/h2-9H,1H3,(H2,18,19,21). The van der Waals surface area contributed by atoms with Crippen LogP contribution in [0.2, 0.25) is 0 Å². The molecule has 2 N–H and O–H groups in total. The van der Waals surface area contributed by atoms with Crippen molar-refractivity contribution >= 4 is 23.4 Å². The maximum Gasteiger partial charge on any atom is 0.339 e. The van der Waals surface area contributed by atoms with E-state index in [1.807, 2.05) is 6.07 Å². The number of nitriles is 1. The predicted molar refractivity (Wildman–Crippen MR) is 81.6 cm³/mol. The second-order valence-electron chi connectivity index (χ2n) is 4.31. The maximum absolute atomic E-state index is 12.0. The monoisotopic (exact) mass is 295 g/mol. The molecule has 2 aromatic rings. The van der Waals surface area contributed by atoms with Gasteiger partial charge in [0.25, 0.3) is 0 Å². The average molecular weight is 295 g/mol. The Balaban J connectivity index is 2.13. The molecule has 110 valence electrons. The predicted octanol–water partition coefficient (Wildman–Crippen LogP) is 2.99. The number of esters is 1. The molecule has 0 aliphatic carbocycles. The van der Waals surface area contributed by atoms with Crippen molar-refractivity contribution < 1.29 is 14.3 Å². The number of hydrogen-bond acceptors (Lipinski definition) is 4. The van der Waals surface area contributed by atoms with Gasteiger partial charge >= 0.3 is 12.0 Å². The molecule has 0 unspecified atom stereocenters. The quantitative estimate of drug-likeness (QED) is 0.851. The number of ether oxygens (including phenoxy) is 1. The van der Waals surface area contributed by atoms with Crippen molar-refractivity contribution in [2.24, 2.45) is 0 Å². The van der Waals surface area contributed by atoms with Crippen molar-refractivity contribution in [3.05, 3.63) is 59.7 Å². The average Bonchev–Trinajstić information content (AvgIpc) is 2.54. The molecule has 0 atom stereocenters. The van der Waals surface area contributed by atoms with Gasteiger partial charge in [-0.05, 0) is 30.3 Å². The highest BCUT2D eigenvalue weighted by molar-refractivity contribution is 6.05. The summed E-state index contributed by atoms with van der Waals surface area (Å²) >= 11 is 0. The molecule has 0 bridgehead atoms. The highest BCUT2D eigenvalue weighted by Crippen LogP contribution is 2.17. The topological polar surface area (TPSA) is 91.2 Å². The van der Waals surface area contributed by atoms with Crippen molar-refractivity contribution in [3.63, 3.8) is 0 Å². The van der Waals surface area contributed by atoms with Crippen LogP contribution in [-0.2, 0) is 4.74 Å². The molecule has 0 radical (unpaired) electrons. The van der Waals surface area contributed by atoms with Crippen molar-refractivity contribution in [1.82, 2.24) is 0 Å². The zero-order valence-corrected chi connectivity index (χ0v) is 11.8. The van der Waals surface area contributed by atoms with Gasteiger partial charge < -0.3 is 15.4 Å². The number of nitrogens with zero attached hydrogens (tertiary/aromatic N) is 1. The van der Waals surface area contributed by atoms with Crippen LogP contribution < -0.4 is 10.6 Å². The van der Waals surface area contributed by atoms with Crippen molar-refractivity contribution in [2.45, 2.75) is 0 Å². The number of benzene rings is 2. The van der Waals surface area contributed by atoms with E-state index in [4.69, 9.17) is 5.26 Å². The van der Waals surface area contributed by atoms with Gasteiger partial charge in [0.2, 0.25) is 0 Å². The van der Waals surface area contributed by atoms with Crippen LogP contribution in [0, 0.1) is 11.3 Å². The van der Waals surface area contributed by atoms with Gasteiger partial charge in [0.15, 0.2) is 0 Å². The number of para-hydroxylation sites is 1. The minimum absolute atomic E-state index is 0.255. The zero-order chi connectivity index (χ0) is 15.9. The van der Waals surface area contributed by atoms with Crippen LogP contribution >= 0.6 is 0 Å². The third-order valence-corrected chi connectivity index (χ3v) is 2.83. The SMILES string of the molecule is COC(=O)c1ccccc1NC(=O)Nc1cccc(C#N)c1. The molecule has 0 aromatic heterocycles. The van der Waals surface area contributed by atoms with E-state index in [9.17, 15) is 9.59 Å². The fraction of sp³-hybridized carbons (Fsp3) is 0.0625. The van der Waals surface area contributed by atoms with E-state index in [1.165, 1.54) is 7.11 Å². The summed E-state index contributed by atoms with van der Waals surface area (Å²) in [6, 6.07) is 14.5. The molecule has 2 aromatic carbocycles. The number of amides is 2. The van der Waals surface area contributed by atoms with E-state index in [0.29, 0.717) is 16.9 Å². The lowest BCUT2D eigenvalue weighted by Gasteiger charge is -2.10. The number of methoxy groups -OCH3 is 1. The Morgan fingerprint density at radius 2 is 1.86 bits per heavy atom. The van der Waals surface area contributed by atoms with E-state index in [-0.39, 0.29) is 5.56 Å². The summed E-state index contributed by atoms with van der Waals surface area (Å²) in [5.41, 5.74) is 1.51. The molecular formula is C16H13N3O3. The minimum Gasteiger partial charge on any atom is -0.465 e. The van der Waals surface area contributed by atoms with Crippen LogP contribution in [0.1, 0.15) is 15.9 Å². The smallest absolute Gasteiger partial charge is 0.339 e. The molecule has 22 heavy (non-hydrogen) atoms. The number of carbonyl (C=O) groups is 2. The highest BCUT2D eigenvalue weighted by Gasteiger charge is 2.13. The van der Waals surface area contributed by atoms with Crippen molar-refractivity contribution in [2.75, 3.05) is 17.7 Å². The molecule has 0 fully saturated rings. The maximum atomic E-state index is 12.0. The Kier molecular flexibility index (Phi) is 4.73. The lowest BCUT2D eigenvalue weighted by atomic mass is 10.2. The van der Waals surface area contributed by atoms with Crippen LogP contribution in [0.4, 0.5) is 16.2 Å². The molecule has 0 aliphatic rings. The first-order valence-electron chi connectivity index (χ1n) is 6.39. The van der Waals surface area contributed by atoms with E-state index in [0.717, 1.165) is 0 Å². The molecule has 6 nitrogen and oxygen atoms in total. The lowest BCUT2D eigenvalue weighted by Crippen LogP contribution is -2.21. The number of urea groups is 1. The van der Waals surface area contributed by atoms with Crippen molar-refractivity contribution in [3.8, 4) is 6.07 Å². The van der Waals surface area contributed by atoms with E-state index >= 15 is 0 Å². The third kappa shape index (κ3) is 3.61. The van der Waals surface area contributed by atoms with Crippen LogP contribution in [-0.4, -0.2) is 19.1 Å². The summed E-state index contributed by atoms with van der Waals surface area (Å²) < 4.78 is 4.66. The van der Waals surface area contributed by atoms with Crippen LogP contribution in [0.15, 0.2) is 48.5 Å². The van der Waals surface area contributed by atoms with Crippen LogP contribution in [0.3, 0.4) is 0 Å². The first kappa shape index (κ1) is 15.1. The second-order valence-corrected chi connectivity index (χ2v) is 4.31. The Morgan fingerprint density at radius 3 is 2.59 bits per heavy atom. The molecular weight excluding hydrogens is 282 g/mol. The van der Waals surface area contributed by atoms with Gasteiger partial charge in [0.1, 0.15) is 0 Å². The number of rotatable bonds is 3. The number of anilines is 2. The Labute approximate surface area is 127 Å².